The van der Waals surface area contributed by atoms with Gasteiger partial charge < -0.3 is 18.5 Å². The van der Waals surface area contributed by atoms with E-state index < -0.39 is 19.2 Å². The smallest absolute Gasteiger partial charge is 0.427 e. The van der Waals surface area contributed by atoms with Crippen LogP contribution in [0.3, 0.4) is 0 Å². The fourth-order valence-electron chi connectivity index (χ4n) is 4.27. The number of hydrogen-bond donors (Lipinski definition) is 0. The Kier molecular flexibility index (Phi) is 5.83. The predicted octanol–water partition coefficient (Wildman–Crippen LogP) is 6.44. The number of methoxy groups -OCH3 is 1. The molecule has 7 heteroatoms. The summed E-state index contributed by atoms with van der Waals surface area (Å²) in [4.78, 5) is 12.9. The molecule has 1 aliphatic heterocycles. The lowest BCUT2D eigenvalue weighted by molar-refractivity contribution is 0.0251. The van der Waals surface area contributed by atoms with Gasteiger partial charge in [-0.05, 0) is 42.5 Å². The first-order chi connectivity index (χ1) is 16.9. The zero-order valence-corrected chi connectivity index (χ0v) is 20.1. The van der Waals surface area contributed by atoms with Crippen molar-refractivity contribution in [3.05, 3.63) is 125 Å². The van der Waals surface area contributed by atoms with Crippen molar-refractivity contribution >= 4 is 13.6 Å². The maximum absolute atomic E-state index is 12.9. The summed E-state index contributed by atoms with van der Waals surface area (Å²) >= 11 is 0. The van der Waals surface area contributed by atoms with Gasteiger partial charge in [0.15, 0.2) is 5.60 Å². The van der Waals surface area contributed by atoms with Crippen molar-refractivity contribution in [1.82, 2.24) is 0 Å². The molecule has 0 spiro atoms. The van der Waals surface area contributed by atoms with Crippen molar-refractivity contribution < 1.29 is 27.9 Å². The molecule has 1 heterocycles. The van der Waals surface area contributed by atoms with E-state index >= 15 is 0 Å². The van der Waals surface area contributed by atoms with Crippen molar-refractivity contribution in [3.63, 3.8) is 0 Å². The number of para-hydroxylation sites is 1. The Bertz CT molecular complexity index is 1400. The van der Waals surface area contributed by atoms with Crippen molar-refractivity contribution in [1.29, 1.82) is 0 Å². The second kappa shape index (κ2) is 8.97. The number of esters is 1. The first-order valence-electron chi connectivity index (χ1n) is 11.0. The predicted molar refractivity (Wildman–Crippen MR) is 132 cm³/mol. The van der Waals surface area contributed by atoms with Crippen LogP contribution in [0.25, 0.3) is 0 Å². The Labute approximate surface area is 203 Å². The molecule has 0 aliphatic carbocycles. The number of fused-ring (bicyclic) bond motifs is 1. The molecule has 35 heavy (non-hydrogen) atoms. The summed E-state index contributed by atoms with van der Waals surface area (Å²) in [5, 5.41) is 0. The van der Waals surface area contributed by atoms with Gasteiger partial charge >= 0.3 is 13.6 Å². The Hall–Kier alpha value is -4.02. The van der Waals surface area contributed by atoms with E-state index in [4.69, 9.17) is 18.5 Å². The number of cyclic esters (lactones) is 1. The zero-order chi connectivity index (χ0) is 24.5. The molecule has 6 nitrogen and oxygen atoms in total. The second-order valence-electron chi connectivity index (χ2n) is 8.14. The van der Waals surface area contributed by atoms with Crippen LogP contribution in [0.2, 0.25) is 0 Å². The molecule has 0 amide bonds. The summed E-state index contributed by atoms with van der Waals surface area (Å²) in [6.45, 7) is 1.42. The Morgan fingerprint density at radius 1 is 0.686 bits per heavy atom. The first kappa shape index (κ1) is 22.8. The molecule has 0 radical (unpaired) electrons. The molecule has 0 fully saturated rings. The van der Waals surface area contributed by atoms with Gasteiger partial charge in [-0.1, -0.05) is 60.7 Å². The first-order valence-corrected chi connectivity index (χ1v) is 13.0. The minimum absolute atomic E-state index is 0.373. The van der Waals surface area contributed by atoms with E-state index in [0.717, 1.165) is 16.7 Å². The van der Waals surface area contributed by atoms with E-state index in [0.29, 0.717) is 22.8 Å². The average Bonchev–Trinajstić information content (AvgIpc) is 3.18. The zero-order valence-electron chi connectivity index (χ0n) is 19.2. The van der Waals surface area contributed by atoms with E-state index in [2.05, 4.69) is 0 Å². The van der Waals surface area contributed by atoms with E-state index in [1.807, 2.05) is 48.5 Å². The number of carbonyl (C=O) groups is 1. The molecule has 0 saturated heterocycles. The van der Waals surface area contributed by atoms with Gasteiger partial charge in [-0.15, -0.1) is 0 Å². The summed E-state index contributed by atoms with van der Waals surface area (Å²) in [6.07, 6.45) is 0. The second-order valence-corrected chi connectivity index (χ2v) is 10.0. The molecule has 0 N–H and O–H groups in total. The summed E-state index contributed by atoms with van der Waals surface area (Å²) in [5.41, 5.74) is 1.62. The number of benzene rings is 4. The highest BCUT2D eigenvalue weighted by Crippen LogP contribution is 2.49. The molecule has 5 rings (SSSR count). The largest absolute Gasteiger partial charge is 0.497 e. The lowest BCUT2D eigenvalue weighted by atomic mass is 9.80. The summed E-state index contributed by atoms with van der Waals surface area (Å²) in [7, 11) is -1.82. The number of ether oxygens (including phenoxy) is 2. The molecule has 4 aromatic rings. The average molecular weight is 486 g/mol. The van der Waals surface area contributed by atoms with E-state index in [-0.39, 0.29) is 0 Å². The van der Waals surface area contributed by atoms with Gasteiger partial charge in [-0.2, -0.15) is 0 Å². The van der Waals surface area contributed by atoms with Crippen molar-refractivity contribution in [3.8, 4) is 17.2 Å². The summed E-state index contributed by atoms with van der Waals surface area (Å²) < 4.78 is 35.6. The molecular weight excluding hydrogens is 463 g/mol. The van der Waals surface area contributed by atoms with Crippen LogP contribution < -0.4 is 13.8 Å². The number of rotatable bonds is 7. The van der Waals surface area contributed by atoms with E-state index in [9.17, 15) is 9.36 Å². The molecule has 2 atom stereocenters. The molecule has 1 aliphatic rings. The van der Waals surface area contributed by atoms with Gasteiger partial charge in [0, 0.05) is 16.7 Å². The van der Waals surface area contributed by atoms with Gasteiger partial charge in [-0.3, -0.25) is 0 Å². The molecule has 2 unspecified atom stereocenters. The topological polar surface area (TPSA) is 71.1 Å². The quantitative estimate of drug-likeness (QED) is 0.221. The van der Waals surface area contributed by atoms with Crippen molar-refractivity contribution in [2.24, 2.45) is 0 Å². The Balaban J connectivity index is 1.51. The minimum atomic E-state index is -3.42. The van der Waals surface area contributed by atoms with Crippen molar-refractivity contribution in [2.75, 3.05) is 13.8 Å². The molecule has 4 aromatic carbocycles. The molecule has 0 bridgehead atoms. The summed E-state index contributed by atoms with van der Waals surface area (Å²) in [6, 6.07) is 30.6. The van der Waals surface area contributed by atoms with Crippen LogP contribution in [0.4, 0.5) is 0 Å². The lowest BCUT2D eigenvalue weighted by Gasteiger charge is -2.30. The fraction of sp³-hybridized carbons (Fsp3) is 0.107. The SMILES string of the molecule is COc1ccc(C2(c3ccc(OP(C)(=O)Oc4ccccc4)cc3)OC(=O)c3ccccc32)cc1. The van der Waals surface area contributed by atoms with Crippen LogP contribution in [-0.4, -0.2) is 19.7 Å². The lowest BCUT2D eigenvalue weighted by Crippen LogP contribution is -2.29. The molecule has 0 aromatic heterocycles. The highest BCUT2D eigenvalue weighted by Gasteiger charge is 2.48. The van der Waals surface area contributed by atoms with Crippen LogP contribution >= 0.6 is 7.60 Å². The Morgan fingerprint density at radius 2 is 1.20 bits per heavy atom. The number of carbonyl (C=O) groups excluding carboxylic acids is 1. The molecule has 176 valence electrons. The molecule has 0 saturated carbocycles. The normalized spacial score (nSPS) is 18.2. The van der Waals surface area contributed by atoms with Crippen molar-refractivity contribution in [2.45, 2.75) is 5.60 Å². The summed E-state index contributed by atoms with van der Waals surface area (Å²) in [5.74, 6) is 1.13. The van der Waals surface area contributed by atoms with Gasteiger partial charge in [0.2, 0.25) is 0 Å². The van der Waals surface area contributed by atoms with Crippen LogP contribution in [0.1, 0.15) is 27.0 Å². The highest BCUT2D eigenvalue weighted by molar-refractivity contribution is 7.53. The van der Waals surface area contributed by atoms with Gasteiger partial charge in [0.25, 0.3) is 0 Å². The maximum Gasteiger partial charge on any atom is 0.427 e. The third-order valence-electron chi connectivity index (χ3n) is 5.82. The fourth-order valence-corrected chi connectivity index (χ4v) is 5.32. The third-order valence-corrected chi connectivity index (χ3v) is 6.90. The third kappa shape index (κ3) is 4.29. The van der Waals surface area contributed by atoms with Crippen LogP contribution in [0.5, 0.6) is 17.2 Å². The van der Waals surface area contributed by atoms with E-state index in [1.54, 1.807) is 61.7 Å². The van der Waals surface area contributed by atoms with Crippen LogP contribution in [0, 0.1) is 0 Å². The van der Waals surface area contributed by atoms with Gasteiger partial charge in [0.05, 0.1) is 19.3 Å². The van der Waals surface area contributed by atoms with Crippen LogP contribution in [0.15, 0.2) is 103 Å². The Morgan fingerprint density at radius 3 is 1.80 bits per heavy atom. The van der Waals surface area contributed by atoms with Gasteiger partial charge in [0.1, 0.15) is 17.2 Å². The van der Waals surface area contributed by atoms with E-state index in [1.165, 1.54) is 6.66 Å². The number of hydrogen-bond acceptors (Lipinski definition) is 6. The van der Waals surface area contributed by atoms with Gasteiger partial charge in [-0.25, -0.2) is 9.36 Å². The maximum atomic E-state index is 12.9. The monoisotopic (exact) mass is 486 g/mol. The highest BCUT2D eigenvalue weighted by atomic mass is 31.2. The molecular formula is C28H23O6P. The van der Waals surface area contributed by atoms with Crippen LogP contribution in [-0.2, 0) is 14.9 Å². The standard InChI is InChI=1S/C28H23O6P/c1-31-22-16-12-20(13-17-22)28(26-11-7-6-10-25(26)27(29)32-28)21-14-18-24(19-15-21)34-35(2,30)33-23-8-4-3-5-9-23/h3-19H,1-2H3. The minimum Gasteiger partial charge on any atom is -0.497 e.